The molecule has 45 heavy (non-hydrogen) atoms. The van der Waals surface area contributed by atoms with Gasteiger partial charge >= 0.3 is 11.9 Å². The molecule has 0 aliphatic carbocycles. The van der Waals surface area contributed by atoms with E-state index in [1.165, 1.54) is 18.1 Å². The molecular formula is C31H41N5O9. The summed E-state index contributed by atoms with van der Waals surface area (Å²) in [5.74, 6) is -1.67. The summed E-state index contributed by atoms with van der Waals surface area (Å²) in [7, 11) is 1.53. The number of ether oxygens (including phenoxy) is 5. The van der Waals surface area contributed by atoms with Crippen LogP contribution < -0.4 is 10.5 Å². The van der Waals surface area contributed by atoms with Gasteiger partial charge in [0.05, 0.1) is 32.3 Å². The van der Waals surface area contributed by atoms with E-state index in [1.807, 2.05) is 19.9 Å². The molecule has 1 aromatic heterocycles. The van der Waals surface area contributed by atoms with Gasteiger partial charge in [0.15, 0.2) is 6.23 Å². The van der Waals surface area contributed by atoms with Gasteiger partial charge in [0.2, 0.25) is 5.82 Å². The molecule has 2 aromatic rings. The highest BCUT2D eigenvalue weighted by Crippen LogP contribution is 2.42. The normalized spacial score (nSPS) is 21.0. The largest absolute Gasteiger partial charge is 0.507 e. The summed E-state index contributed by atoms with van der Waals surface area (Å²) in [6.07, 6.45) is 5.26. The fourth-order valence-electron chi connectivity index (χ4n) is 6.07. The first-order valence-electron chi connectivity index (χ1n) is 15.2. The van der Waals surface area contributed by atoms with Gasteiger partial charge in [0.25, 0.3) is 5.91 Å². The van der Waals surface area contributed by atoms with Crippen molar-refractivity contribution in [2.24, 2.45) is 11.7 Å². The van der Waals surface area contributed by atoms with Gasteiger partial charge < -0.3 is 34.5 Å². The highest BCUT2D eigenvalue weighted by molar-refractivity contribution is 5.98. The van der Waals surface area contributed by atoms with Crippen LogP contribution in [0.1, 0.15) is 76.5 Å². The van der Waals surface area contributed by atoms with Crippen LogP contribution in [-0.2, 0) is 36.8 Å². The Labute approximate surface area is 261 Å². The van der Waals surface area contributed by atoms with E-state index in [-0.39, 0.29) is 42.4 Å². The summed E-state index contributed by atoms with van der Waals surface area (Å²) < 4.78 is 29.5. The molecule has 0 bridgehead atoms. The van der Waals surface area contributed by atoms with Crippen LogP contribution in [0.2, 0.25) is 0 Å². The number of cyclic esters (lactones) is 1. The molecule has 4 heterocycles. The lowest BCUT2D eigenvalue weighted by molar-refractivity contribution is -0.153. The van der Waals surface area contributed by atoms with Crippen LogP contribution in [0.15, 0.2) is 18.0 Å². The third-order valence-electron chi connectivity index (χ3n) is 8.62. The predicted molar refractivity (Wildman–Crippen MR) is 159 cm³/mol. The molecule has 3 N–H and O–H groups in total. The average Bonchev–Trinajstić information content (AvgIpc) is 3.80. The number of aromatic hydroxyl groups is 1. The zero-order valence-electron chi connectivity index (χ0n) is 26.0. The maximum absolute atomic E-state index is 13.4. The van der Waals surface area contributed by atoms with Crippen LogP contribution >= 0.6 is 0 Å². The number of morpholine rings is 1. The number of esters is 2. The number of methoxy groups -OCH3 is 1. The highest BCUT2D eigenvalue weighted by Gasteiger charge is 2.33. The van der Waals surface area contributed by atoms with Crippen LogP contribution in [0.5, 0.6) is 11.5 Å². The number of primary amides is 1. The van der Waals surface area contributed by atoms with E-state index in [9.17, 15) is 19.5 Å². The van der Waals surface area contributed by atoms with Crippen molar-refractivity contribution in [2.75, 3.05) is 46.6 Å². The molecule has 2 fully saturated rings. The number of phenols is 1. The molecule has 0 radical (unpaired) electrons. The maximum atomic E-state index is 13.4. The third-order valence-corrected chi connectivity index (χ3v) is 8.62. The summed E-state index contributed by atoms with van der Waals surface area (Å²) in [6, 6.07) is 0. The molecule has 1 aromatic carbocycles. The topological polar surface area (TPSA) is 178 Å². The second-order valence-electron chi connectivity index (χ2n) is 11.6. The lowest BCUT2D eigenvalue weighted by atomic mass is 9.93. The van der Waals surface area contributed by atoms with Crippen molar-refractivity contribution >= 4 is 17.8 Å². The van der Waals surface area contributed by atoms with Crippen LogP contribution in [0, 0.1) is 12.8 Å². The quantitative estimate of drug-likeness (QED) is 0.245. The number of hydrogen-bond donors (Lipinski definition) is 2. The SMILES string of the molecule is COc1c(C)c2c(c(O)c1CC=C(C)CC(CCN1CCOCC1)C(=O)OCC1CCC(n3cnc(C(N)=O)n3)O1)C(=O)OC2. The Bertz CT molecular complexity index is 1450. The van der Waals surface area contributed by atoms with E-state index >= 15 is 0 Å². The Kier molecular flexibility index (Phi) is 10.4. The lowest BCUT2D eigenvalue weighted by Crippen LogP contribution is -2.38. The molecule has 3 unspecified atom stereocenters. The van der Waals surface area contributed by atoms with Gasteiger partial charge in [-0.05, 0) is 58.1 Å². The number of benzene rings is 1. The molecule has 14 heteroatoms. The molecule has 1 amide bonds. The monoisotopic (exact) mass is 627 g/mol. The number of nitrogens with two attached hydrogens (primary N) is 1. The van der Waals surface area contributed by atoms with E-state index < -0.39 is 24.0 Å². The molecule has 3 aliphatic rings. The van der Waals surface area contributed by atoms with Gasteiger partial charge in [-0.3, -0.25) is 14.5 Å². The smallest absolute Gasteiger partial charge is 0.342 e. The van der Waals surface area contributed by atoms with Crippen molar-refractivity contribution < 1.29 is 43.2 Å². The van der Waals surface area contributed by atoms with E-state index in [1.54, 1.807) is 0 Å². The third kappa shape index (κ3) is 7.45. The highest BCUT2D eigenvalue weighted by atomic mass is 16.6. The maximum Gasteiger partial charge on any atom is 0.342 e. The zero-order valence-corrected chi connectivity index (χ0v) is 26.0. The Hall–Kier alpha value is -4.01. The Morgan fingerprint density at radius 1 is 1.27 bits per heavy atom. The van der Waals surface area contributed by atoms with Crippen molar-refractivity contribution in [3.8, 4) is 11.5 Å². The van der Waals surface area contributed by atoms with Gasteiger partial charge in [-0.15, -0.1) is 5.10 Å². The summed E-state index contributed by atoms with van der Waals surface area (Å²) in [5.41, 5.74) is 8.28. The molecule has 3 atom stereocenters. The van der Waals surface area contributed by atoms with Crippen molar-refractivity contribution in [1.29, 1.82) is 0 Å². The standard InChI is InChI=1S/C31H41N5O9/c1-18(4-6-22-26(37)25-23(16-44-31(25)40)19(2)27(22)41-3)14-20(8-9-35-10-12-42-13-11-35)30(39)43-15-21-5-7-24(45-21)36-17-33-29(34-36)28(32)38/h4,17,20-21,24,37H,5-16H2,1-3H3,(H2,32,38). The van der Waals surface area contributed by atoms with Crippen molar-refractivity contribution in [2.45, 2.75) is 64.9 Å². The van der Waals surface area contributed by atoms with Gasteiger partial charge in [-0.2, -0.15) is 0 Å². The van der Waals surface area contributed by atoms with Crippen LogP contribution in [0.25, 0.3) is 0 Å². The second kappa shape index (κ2) is 14.4. The number of rotatable bonds is 13. The van der Waals surface area contributed by atoms with E-state index in [4.69, 9.17) is 29.4 Å². The zero-order chi connectivity index (χ0) is 32.1. The summed E-state index contributed by atoms with van der Waals surface area (Å²) >= 11 is 0. The van der Waals surface area contributed by atoms with Crippen molar-refractivity contribution in [3.63, 3.8) is 0 Å². The van der Waals surface area contributed by atoms with E-state index in [2.05, 4.69) is 15.0 Å². The van der Waals surface area contributed by atoms with Gasteiger partial charge in [0.1, 0.15) is 36.6 Å². The molecule has 5 rings (SSSR count). The molecule has 0 spiro atoms. The van der Waals surface area contributed by atoms with Crippen molar-refractivity contribution in [1.82, 2.24) is 19.7 Å². The lowest BCUT2D eigenvalue weighted by Gasteiger charge is -2.28. The molecule has 3 aliphatic heterocycles. The number of fused-ring (bicyclic) bond motifs is 1. The fraction of sp³-hybridized carbons (Fsp3) is 0.581. The van der Waals surface area contributed by atoms with E-state index in [0.717, 1.165) is 30.8 Å². The number of amides is 1. The number of hydrogen-bond acceptors (Lipinski definition) is 12. The van der Waals surface area contributed by atoms with Gasteiger partial charge in [-0.25, -0.2) is 14.5 Å². The Balaban J connectivity index is 1.23. The van der Waals surface area contributed by atoms with Gasteiger partial charge in [-0.1, -0.05) is 11.6 Å². The van der Waals surface area contributed by atoms with Crippen molar-refractivity contribution in [3.05, 3.63) is 46.1 Å². The summed E-state index contributed by atoms with van der Waals surface area (Å²) in [4.78, 5) is 43.2. The number of nitrogens with zero attached hydrogens (tertiary/aromatic N) is 4. The predicted octanol–water partition coefficient (Wildman–Crippen LogP) is 2.21. The minimum atomic E-state index is -0.715. The van der Waals surface area contributed by atoms with Gasteiger partial charge in [0, 0.05) is 24.2 Å². The summed E-state index contributed by atoms with van der Waals surface area (Å²) in [5, 5.41) is 15.0. The number of carbonyl (C=O) groups excluding carboxylic acids is 3. The van der Waals surface area contributed by atoms with Crippen LogP contribution in [-0.4, -0.2) is 95.3 Å². The minimum absolute atomic E-state index is 0.0810. The first-order chi connectivity index (χ1) is 21.7. The molecule has 2 saturated heterocycles. The Morgan fingerprint density at radius 3 is 2.76 bits per heavy atom. The minimum Gasteiger partial charge on any atom is -0.507 e. The fourth-order valence-corrected chi connectivity index (χ4v) is 6.07. The average molecular weight is 628 g/mol. The van der Waals surface area contributed by atoms with Crippen LogP contribution in [0.4, 0.5) is 0 Å². The first-order valence-corrected chi connectivity index (χ1v) is 15.2. The van der Waals surface area contributed by atoms with Crippen LogP contribution in [0.3, 0.4) is 0 Å². The number of phenolic OH excluding ortho intramolecular Hbond substituents is 1. The molecule has 244 valence electrons. The molecular weight excluding hydrogens is 586 g/mol. The van der Waals surface area contributed by atoms with E-state index in [0.29, 0.717) is 62.2 Å². The Morgan fingerprint density at radius 2 is 2.04 bits per heavy atom. The summed E-state index contributed by atoms with van der Waals surface area (Å²) in [6.45, 7) is 7.68. The number of carbonyl (C=O) groups is 3. The molecule has 0 saturated carbocycles. The second-order valence-corrected chi connectivity index (χ2v) is 11.6. The number of allylic oxidation sites excluding steroid dienone is 2. The molecule has 14 nitrogen and oxygen atoms in total. The number of aromatic nitrogens is 3. The first kappa shape index (κ1) is 32.4.